The van der Waals surface area contributed by atoms with Crippen molar-refractivity contribution in [2.24, 2.45) is 0 Å². The summed E-state index contributed by atoms with van der Waals surface area (Å²) >= 11 is 0. The molecule has 0 aliphatic heterocycles. The van der Waals surface area contributed by atoms with Crippen LogP contribution in [0, 0.1) is 11.3 Å². The third-order valence-electron chi connectivity index (χ3n) is 3.90. The number of benzene rings is 2. The maximum Gasteiger partial charge on any atom is 0.0991 e. The first-order valence-electron chi connectivity index (χ1n) is 7.32. The summed E-state index contributed by atoms with van der Waals surface area (Å²) in [6.07, 6.45) is 2.57. The van der Waals surface area contributed by atoms with E-state index < -0.39 is 0 Å². The second-order valence-electron chi connectivity index (χ2n) is 5.69. The Morgan fingerprint density at radius 2 is 1.48 bits per heavy atom. The molecule has 106 valence electrons. The largest absolute Gasteiger partial charge is 0.399 e. The molecule has 0 spiro atoms. The highest BCUT2D eigenvalue weighted by atomic mass is 15.2. The summed E-state index contributed by atoms with van der Waals surface area (Å²) in [5.41, 5.74) is 9.82. The van der Waals surface area contributed by atoms with E-state index in [-0.39, 0.29) is 0 Å². The lowest BCUT2D eigenvalue weighted by Gasteiger charge is -2.22. The minimum atomic E-state index is 0.693. The molecule has 0 heterocycles. The number of rotatable bonds is 5. The fourth-order valence-electron chi connectivity index (χ4n) is 2.53. The molecule has 0 atom stereocenters. The van der Waals surface area contributed by atoms with Gasteiger partial charge in [-0.2, -0.15) is 5.26 Å². The van der Waals surface area contributed by atoms with Crippen LogP contribution in [0.3, 0.4) is 0 Å². The van der Waals surface area contributed by atoms with Gasteiger partial charge in [-0.05, 0) is 48.2 Å². The first kappa shape index (κ1) is 13.7. The van der Waals surface area contributed by atoms with Crippen molar-refractivity contribution in [3.63, 3.8) is 0 Å². The van der Waals surface area contributed by atoms with Gasteiger partial charge in [0.1, 0.15) is 0 Å². The predicted molar refractivity (Wildman–Crippen MR) is 84.3 cm³/mol. The lowest BCUT2D eigenvalue weighted by atomic mass is 10.1. The minimum Gasteiger partial charge on any atom is -0.399 e. The number of hydrogen-bond donors (Lipinski definition) is 1. The third-order valence-corrected chi connectivity index (χ3v) is 3.90. The molecule has 2 aromatic rings. The molecule has 2 N–H and O–H groups in total. The van der Waals surface area contributed by atoms with Crippen LogP contribution in [-0.4, -0.2) is 10.9 Å². The van der Waals surface area contributed by atoms with E-state index in [9.17, 15) is 0 Å². The Bertz CT molecular complexity index is 634. The summed E-state index contributed by atoms with van der Waals surface area (Å²) < 4.78 is 0. The number of nitrogens with two attached hydrogens (primary N) is 1. The number of hydrogen-bond acceptors (Lipinski definition) is 3. The van der Waals surface area contributed by atoms with Crippen molar-refractivity contribution in [2.45, 2.75) is 32.0 Å². The fraction of sp³-hybridized carbons (Fsp3) is 0.278. The van der Waals surface area contributed by atoms with Gasteiger partial charge in [0, 0.05) is 24.8 Å². The van der Waals surface area contributed by atoms with Crippen molar-refractivity contribution < 1.29 is 0 Å². The van der Waals surface area contributed by atoms with Gasteiger partial charge < -0.3 is 5.73 Å². The number of nitrogen functional groups attached to an aromatic ring is 1. The first-order valence-corrected chi connectivity index (χ1v) is 7.32. The fourth-order valence-corrected chi connectivity index (χ4v) is 2.53. The average molecular weight is 277 g/mol. The van der Waals surface area contributed by atoms with Crippen LogP contribution in [0.1, 0.15) is 29.5 Å². The zero-order chi connectivity index (χ0) is 14.7. The molecule has 1 saturated carbocycles. The van der Waals surface area contributed by atoms with Gasteiger partial charge in [-0.1, -0.05) is 24.3 Å². The van der Waals surface area contributed by atoms with Crippen molar-refractivity contribution in [2.75, 3.05) is 5.73 Å². The average Bonchev–Trinajstić information content (AvgIpc) is 3.34. The topological polar surface area (TPSA) is 53.0 Å². The monoisotopic (exact) mass is 277 g/mol. The van der Waals surface area contributed by atoms with Crippen LogP contribution in [0.2, 0.25) is 0 Å². The van der Waals surface area contributed by atoms with Crippen molar-refractivity contribution >= 4 is 5.69 Å². The number of nitrogens with zero attached hydrogens (tertiary/aromatic N) is 2. The van der Waals surface area contributed by atoms with Gasteiger partial charge in [0.25, 0.3) is 0 Å². The molecule has 3 nitrogen and oxygen atoms in total. The number of nitriles is 1. The van der Waals surface area contributed by atoms with Gasteiger partial charge in [-0.25, -0.2) is 0 Å². The second-order valence-corrected chi connectivity index (χ2v) is 5.69. The Balaban J connectivity index is 1.69. The summed E-state index contributed by atoms with van der Waals surface area (Å²) in [4.78, 5) is 2.51. The molecule has 0 unspecified atom stereocenters. The van der Waals surface area contributed by atoms with Crippen LogP contribution >= 0.6 is 0 Å². The summed E-state index contributed by atoms with van der Waals surface area (Å²) in [6.45, 7) is 1.88. The van der Waals surface area contributed by atoms with Crippen LogP contribution in [0.25, 0.3) is 0 Å². The lowest BCUT2D eigenvalue weighted by molar-refractivity contribution is 0.246. The van der Waals surface area contributed by atoms with Crippen LogP contribution in [-0.2, 0) is 13.1 Å². The van der Waals surface area contributed by atoms with E-state index in [1.54, 1.807) is 0 Å². The van der Waals surface area contributed by atoms with Crippen molar-refractivity contribution in [3.8, 4) is 6.07 Å². The van der Waals surface area contributed by atoms with Gasteiger partial charge >= 0.3 is 0 Å². The van der Waals surface area contributed by atoms with Crippen LogP contribution in [0.15, 0.2) is 48.5 Å². The van der Waals surface area contributed by atoms with E-state index in [2.05, 4.69) is 35.2 Å². The maximum atomic E-state index is 8.86. The van der Waals surface area contributed by atoms with Gasteiger partial charge in [-0.3, -0.25) is 4.90 Å². The number of anilines is 1. The molecule has 2 aromatic carbocycles. The standard InChI is InChI=1S/C18H19N3/c19-11-14-1-3-15(4-2-14)12-21(18-9-10-18)13-16-5-7-17(20)8-6-16/h1-8,18H,9-10,12-13,20H2. The highest BCUT2D eigenvalue weighted by Gasteiger charge is 2.28. The molecule has 1 aliphatic rings. The molecule has 3 rings (SSSR count). The van der Waals surface area contributed by atoms with Crippen LogP contribution in [0.4, 0.5) is 5.69 Å². The summed E-state index contributed by atoms with van der Waals surface area (Å²) in [7, 11) is 0. The molecule has 0 radical (unpaired) electrons. The Morgan fingerprint density at radius 1 is 0.952 bits per heavy atom. The van der Waals surface area contributed by atoms with Crippen molar-refractivity contribution in [3.05, 3.63) is 65.2 Å². The van der Waals surface area contributed by atoms with E-state index >= 15 is 0 Å². The van der Waals surface area contributed by atoms with Crippen LogP contribution in [0.5, 0.6) is 0 Å². The molecule has 0 saturated heterocycles. The highest BCUT2D eigenvalue weighted by molar-refractivity contribution is 5.39. The first-order chi connectivity index (χ1) is 10.2. The summed E-state index contributed by atoms with van der Waals surface area (Å²) in [5, 5.41) is 8.86. The summed E-state index contributed by atoms with van der Waals surface area (Å²) in [6, 6.07) is 18.9. The second kappa shape index (κ2) is 5.99. The molecule has 3 heteroatoms. The van der Waals surface area contributed by atoms with E-state index in [4.69, 9.17) is 11.0 Å². The normalized spacial score (nSPS) is 14.1. The van der Waals surface area contributed by atoms with Gasteiger partial charge in [0.2, 0.25) is 0 Å². The zero-order valence-corrected chi connectivity index (χ0v) is 12.0. The molecule has 1 aliphatic carbocycles. The Morgan fingerprint density at radius 3 is 1.95 bits per heavy atom. The van der Waals surface area contributed by atoms with E-state index in [0.717, 1.165) is 24.3 Å². The lowest BCUT2D eigenvalue weighted by Crippen LogP contribution is -2.25. The third kappa shape index (κ3) is 3.62. The maximum absolute atomic E-state index is 8.86. The molecule has 21 heavy (non-hydrogen) atoms. The van der Waals surface area contributed by atoms with E-state index in [1.807, 2.05) is 24.3 Å². The molecule has 1 fully saturated rings. The minimum absolute atomic E-state index is 0.693. The molecule has 0 bridgehead atoms. The highest BCUT2D eigenvalue weighted by Crippen LogP contribution is 2.30. The molecule has 0 amide bonds. The molecular weight excluding hydrogens is 258 g/mol. The van der Waals surface area contributed by atoms with E-state index in [0.29, 0.717) is 6.04 Å². The quantitative estimate of drug-likeness (QED) is 0.853. The zero-order valence-electron chi connectivity index (χ0n) is 12.0. The Hall–Kier alpha value is -2.31. The molecule has 0 aromatic heterocycles. The van der Waals surface area contributed by atoms with Gasteiger partial charge in [0.05, 0.1) is 11.6 Å². The van der Waals surface area contributed by atoms with E-state index in [1.165, 1.54) is 24.0 Å². The Kier molecular flexibility index (Phi) is 3.89. The molecular formula is C18H19N3. The van der Waals surface area contributed by atoms with Gasteiger partial charge in [0.15, 0.2) is 0 Å². The summed E-state index contributed by atoms with van der Waals surface area (Å²) in [5.74, 6) is 0. The smallest absolute Gasteiger partial charge is 0.0991 e. The van der Waals surface area contributed by atoms with Crippen molar-refractivity contribution in [1.29, 1.82) is 5.26 Å². The van der Waals surface area contributed by atoms with Crippen molar-refractivity contribution in [1.82, 2.24) is 4.90 Å². The van der Waals surface area contributed by atoms with Crippen LogP contribution < -0.4 is 5.73 Å². The predicted octanol–water partition coefficient (Wildman–Crippen LogP) is 3.31. The van der Waals surface area contributed by atoms with Gasteiger partial charge in [-0.15, -0.1) is 0 Å². The SMILES string of the molecule is N#Cc1ccc(CN(Cc2ccc(N)cc2)C2CC2)cc1. The Labute approximate surface area is 125 Å².